The molecule has 0 bridgehead atoms. The molecular weight excluding hydrogens is 212 g/mol. The number of hydrogen-bond donors (Lipinski definition) is 1. The van der Waals surface area contributed by atoms with E-state index in [9.17, 15) is 0 Å². The molecule has 3 heteroatoms. The van der Waals surface area contributed by atoms with E-state index in [0.29, 0.717) is 12.0 Å². The first-order valence-corrected chi connectivity index (χ1v) is 6.73. The number of ether oxygens (including phenoxy) is 1. The Morgan fingerprint density at radius 2 is 2.29 bits per heavy atom. The monoisotopic (exact) mass is 240 g/mol. The second-order valence-corrected chi connectivity index (χ2v) is 5.48. The van der Waals surface area contributed by atoms with Crippen LogP contribution in [0.15, 0.2) is 12.2 Å². The zero-order valence-corrected chi connectivity index (χ0v) is 11.7. The molecule has 1 N–H and O–H groups in total. The lowest BCUT2D eigenvalue weighted by molar-refractivity contribution is 0.0947. The molecule has 1 aliphatic rings. The summed E-state index contributed by atoms with van der Waals surface area (Å²) in [6, 6.07) is 0.536. The third-order valence-electron chi connectivity index (χ3n) is 3.21. The van der Waals surface area contributed by atoms with E-state index in [-0.39, 0.29) is 0 Å². The fourth-order valence-corrected chi connectivity index (χ4v) is 2.39. The number of methoxy groups -OCH3 is 1. The van der Waals surface area contributed by atoms with Gasteiger partial charge < -0.3 is 10.1 Å². The third-order valence-corrected chi connectivity index (χ3v) is 3.21. The maximum Gasteiger partial charge on any atom is 0.0502 e. The first-order valence-electron chi connectivity index (χ1n) is 6.73. The van der Waals surface area contributed by atoms with Gasteiger partial charge in [-0.2, -0.15) is 0 Å². The summed E-state index contributed by atoms with van der Waals surface area (Å²) in [5.74, 6) is 0.708. The SMILES string of the molecule is C=C(CNC(C)C)CN1CCCC(COC)C1. The lowest BCUT2D eigenvalue weighted by atomic mass is 9.98. The Kier molecular flexibility index (Phi) is 6.78. The van der Waals surface area contributed by atoms with E-state index in [1.54, 1.807) is 7.11 Å². The van der Waals surface area contributed by atoms with E-state index < -0.39 is 0 Å². The molecule has 0 aromatic carbocycles. The molecule has 1 fully saturated rings. The van der Waals surface area contributed by atoms with E-state index in [1.165, 1.54) is 25.0 Å². The van der Waals surface area contributed by atoms with Gasteiger partial charge in [-0.05, 0) is 30.9 Å². The molecule has 1 rings (SSSR count). The van der Waals surface area contributed by atoms with Crippen LogP contribution in [-0.2, 0) is 4.74 Å². The van der Waals surface area contributed by atoms with Gasteiger partial charge in [-0.25, -0.2) is 0 Å². The standard InChI is InChI=1S/C14H28N2O/c1-12(2)15-8-13(3)9-16-7-5-6-14(10-16)11-17-4/h12,14-15H,3,5-11H2,1-2,4H3. The maximum absolute atomic E-state index is 5.25. The number of nitrogens with zero attached hydrogens (tertiary/aromatic N) is 1. The van der Waals surface area contributed by atoms with Crippen molar-refractivity contribution in [1.29, 1.82) is 0 Å². The Hall–Kier alpha value is -0.380. The Balaban J connectivity index is 2.23. The second-order valence-electron chi connectivity index (χ2n) is 5.48. The molecule has 0 radical (unpaired) electrons. The van der Waals surface area contributed by atoms with Crippen LogP contribution in [0.3, 0.4) is 0 Å². The number of hydrogen-bond acceptors (Lipinski definition) is 3. The molecule has 3 nitrogen and oxygen atoms in total. The number of rotatable bonds is 7. The summed E-state index contributed by atoms with van der Waals surface area (Å²) in [6.07, 6.45) is 2.60. The molecule has 1 atom stereocenters. The lowest BCUT2D eigenvalue weighted by Gasteiger charge is -2.33. The minimum atomic E-state index is 0.536. The summed E-state index contributed by atoms with van der Waals surface area (Å²) < 4.78 is 5.25. The first-order chi connectivity index (χ1) is 8.11. The van der Waals surface area contributed by atoms with Gasteiger partial charge in [-0.1, -0.05) is 20.4 Å². The topological polar surface area (TPSA) is 24.5 Å². The van der Waals surface area contributed by atoms with E-state index in [1.807, 2.05) is 0 Å². The molecule has 0 spiro atoms. The van der Waals surface area contributed by atoms with E-state index in [2.05, 4.69) is 30.6 Å². The van der Waals surface area contributed by atoms with Gasteiger partial charge in [-0.15, -0.1) is 0 Å². The van der Waals surface area contributed by atoms with E-state index >= 15 is 0 Å². The summed E-state index contributed by atoms with van der Waals surface area (Å²) in [6.45, 7) is 13.7. The zero-order valence-electron chi connectivity index (χ0n) is 11.7. The van der Waals surface area contributed by atoms with Crippen LogP contribution in [0.25, 0.3) is 0 Å². The van der Waals surface area contributed by atoms with Crippen LogP contribution in [0.1, 0.15) is 26.7 Å². The summed E-state index contributed by atoms with van der Waals surface area (Å²) in [5.41, 5.74) is 1.29. The highest BCUT2D eigenvalue weighted by molar-refractivity contribution is 5.00. The van der Waals surface area contributed by atoms with Crippen LogP contribution in [0.2, 0.25) is 0 Å². The third kappa shape index (κ3) is 6.20. The summed E-state index contributed by atoms with van der Waals surface area (Å²) in [4.78, 5) is 2.51. The molecular formula is C14H28N2O. The minimum Gasteiger partial charge on any atom is -0.384 e. The molecule has 0 aromatic heterocycles. The van der Waals surface area contributed by atoms with Crippen LogP contribution in [0.4, 0.5) is 0 Å². The highest BCUT2D eigenvalue weighted by Gasteiger charge is 2.19. The quantitative estimate of drug-likeness (QED) is 0.688. The molecule has 0 saturated carbocycles. The fourth-order valence-electron chi connectivity index (χ4n) is 2.39. The molecule has 0 aliphatic carbocycles. The van der Waals surface area contributed by atoms with Crippen LogP contribution >= 0.6 is 0 Å². The van der Waals surface area contributed by atoms with Gasteiger partial charge in [-0.3, -0.25) is 4.90 Å². The largest absolute Gasteiger partial charge is 0.384 e. The Labute approximate surface area is 106 Å². The van der Waals surface area contributed by atoms with Crippen molar-refractivity contribution in [3.63, 3.8) is 0 Å². The summed E-state index contributed by atoms with van der Waals surface area (Å²) in [7, 11) is 1.80. The predicted octanol–water partition coefficient (Wildman–Crippen LogP) is 1.90. The fraction of sp³-hybridized carbons (Fsp3) is 0.857. The van der Waals surface area contributed by atoms with Gasteiger partial charge >= 0.3 is 0 Å². The van der Waals surface area contributed by atoms with Crippen LogP contribution in [0, 0.1) is 5.92 Å². The van der Waals surface area contributed by atoms with Crippen molar-refractivity contribution < 1.29 is 4.74 Å². The van der Waals surface area contributed by atoms with Crippen molar-refractivity contribution in [3.8, 4) is 0 Å². The molecule has 1 unspecified atom stereocenters. The van der Waals surface area contributed by atoms with Gasteiger partial charge in [0.15, 0.2) is 0 Å². The minimum absolute atomic E-state index is 0.536. The molecule has 1 saturated heterocycles. The van der Waals surface area contributed by atoms with Crippen LogP contribution < -0.4 is 5.32 Å². The van der Waals surface area contributed by atoms with Gasteiger partial charge in [0.1, 0.15) is 0 Å². The van der Waals surface area contributed by atoms with E-state index in [0.717, 1.165) is 26.2 Å². The average Bonchev–Trinajstić information content (AvgIpc) is 2.27. The zero-order chi connectivity index (χ0) is 12.7. The van der Waals surface area contributed by atoms with Crippen molar-refractivity contribution in [2.75, 3.05) is 39.9 Å². The van der Waals surface area contributed by atoms with Gasteiger partial charge in [0.25, 0.3) is 0 Å². The second kappa shape index (κ2) is 7.85. The smallest absolute Gasteiger partial charge is 0.0502 e. The first kappa shape index (κ1) is 14.7. The molecule has 1 heterocycles. The predicted molar refractivity (Wildman–Crippen MR) is 73.3 cm³/mol. The van der Waals surface area contributed by atoms with Crippen molar-refractivity contribution in [1.82, 2.24) is 10.2 Å². The van der Waals surface area contributed by atoms with Crippen molar-refractivity contribution >= 4 is 0 Å². The molecule has 0 aromatic rings. The molecule has 0 amide bonds. The Morgan fingerprint density at radius 3 is 2.94 bits per heavy atom. The Bertz CT molecular complexity index is 226. The normalized spacial score (nSPS) is 22.0. The maximum atomic E-state index is 5.25. The number of piperidine rings is 1. The van der Waals surface area contributed by atoms with Crippen molar-refractivity contribution in [2.45, 2.75) is 32.7 Å². The molecule has 17 heavy (non-hydrogen) atoms. The highest BCUT2D eigenvalue weighted by Crippen LogP contribution is 2.17. The van der Waals surface area contributed by atoms with Gasteiger partial charge in [0.05, 0.1) is 6.61 Å². The van der Waals surface area contributed by atoms with Crippen molar-refractivity contribution in [3.05, 3.63) is 12.2 Å². The number of nitrogens with one attached hydrogen (secondary N) is 1. The number of likely N-dealkylation sites (tertiary alicyclic amines) is 1. The van der Waals surface area contributed by atoms with Gasteiger partial charge in [0, 0.05) is 32.8 Å². The summed E-state index contributed by atoms with van der Waals surface area (Å²) in [5, 5.41) is 3.42. The van der Waals surface area contributed by atoms with Gasteiger partial charge in [0.2, 0.25) is 0 Å². The Morgan fingerprint density at radius 1 is 1.53 bits per heavy atom. The van der Waals surface area contributed by atoms with Crippen LogP contribution in [-0.4, -0.2) is 50.8 Å². The summed E-state index contributed by atoms with van der Waals surface area (Å²) >= 11 is 0. The molecule has 1 aliphatic heterocycles. The molecule has 100 valence electrons. The van der Waals surface area contributed by atoms with Crippen molar-refractivity contribution in [2.24, 2.45) is 5.92 Å². The highest BCUT2D eigenvalue weighted by atomic mass is 16.5. The van der Waals surface area contributed by atoms with Crippen LogP contribution in [0.5, 0.6) is 0 Å². The average molecular weight is 240 g/mol. The lowest BCUT2D eigenvalue weighted by Crippen LogP contribution is -2.39. The van der Waals surface area contributed by atoms with E-state index in [4.69, 9.17) is 4.74 Å².